The molecule has 2 N–H and O–H groups in total. The van der Waals surface area contributed by atoms with Gasteiger partial charge in [-0.15, -0.1) is 0 Å². The molecule has 0 saturated carbocycles. The van der Waals surface area contributed by atoms with E-state index in [1.807, 2.05) is 44.2 Å². The fourth-order valence-electron chi connectivity index (χ4n) is 1.79. The molecular formula is C14H20N2O2S. The third kappa shape index (κ3) is 4.36. The van der Waals surface area contributed by atoms with Gasteiger partial charge in [0.1, 0.15) is 0 Å². The molecule has 0 aromatic heterocycles. The molecule has 0 radical (unpaired) electrons. The van der Waals surface area contributed by atoms with Crippen LogP contribution in [0, 0.1) is 0 Å². The van der Waals surface area contributed by atoms with Crippen LogP contribution in [0.2, 0.25) is 0 Å². The number of rotatable bonds is 6. The van der Waals surface area contributed by atoms with E-state index in [-0.39, 0.29) is 29.9 Å². The normalized spacial score (nSPS) is 12.3. The van der Waals surface area contributed by atoms with Crippen molar-refractivity contribution in [3.63, 3.8) is 0 Å². The number of hydrogen-bond donors (Lipinski definition) is 2. The van der Waals surface area contributed by atoms with Crippen molar-refractivity contribution in [2.45, 2.75) is 32.4 Å². The van der Waals surface area contributed by atoms with Crippen molar-refractivity contribution in [1.29, 1.82) is 0 Å². The number of nitrogens with two attached hydrogens (primary N) is 1. The Morgan fingerprint density at radius 3 is 2.32 bits per heavy atom. The summed E-state index contributed by atoms with van der Waals surface area (Å²) in [5, 5.41) is 0. The highest BCUT2D eigenvalue weighted by molar-refractivity contribution is 7.80. The predicted octanol–water partition coefficient (Wildman–Crippen LogP) is 1.64. The average Bonchev–Trinajstić information content (AvgIpc) is 2.38. The van der Waals surface area contributed by atoms with Gasteiger partial charge < -0.3 is 10.6 Å². The van der Waals surface area contributed by atoms with Crippen LogP contribution in [0.3, 0.4) is 0 Å². The maximum absolute atomic E-state index is 12.2. The summed E-state index contributed by atoms with van der Waals surface area (Å²) in [6.07, 6.45) is -0.186. The van der Waals surface area contributed by atoms with Crippen LogP contribution in [-0.4, -0.2) is 29.5 Å². The molecule has 1 amide bonds. The minimum absolute atomic E-state index is 0.0186. The van der Waals surface area contributed by atoms with E-state index in [2.05, 4.69) is 12.6 Å². The van der Waals surface area contributed by atoms with Gasteiger partial charge in [-0.25, -0.2) is 0 Å². The number of para-hydroxylation sites is 1. The lowest BCUT2D eigenvalue weighted by atomic mass is 10.1. The van der Waals surface area contributed by atoms with E-state index in [9.17, 15) is 9.59 Å². The summed E-state index contributed by atoms with van der Waals surface area (Å²) in [5.41, 5.74) is 6.37. The SMILES string of the molecule is CC(C)N(C(=O)CC(=O)[C@H](N)CS)c1ccccc1. The highest BCUT2D eigenvalue weighted by atomic mass is 32.1. The maximum atomic E-state index is 12.2. The predicted molar refractivity (Wildman–Crippen MR) is 80.5 cm³/mol. The minimum atomic E-state index is -0.683. The molecule has 104 valence electrons. The van der Waals surface area contributed by atoms with E-state index in [1.54, 1.807) is 4.90 Å². The molecule has 1 rings (SSSR count). The summed E-state index contributed by atoms with van der Waals surface area (Å²) < 4.78 is 0. The quantitative estimate of drug-likeness (QED) is 0.615. The average molecular weight is 280 g/mol. The Morgan fingerprint density at radius 1 is 1.26 bits per heavy atom. The zero-order chi connectivity index (χ0) is 14.4. The van der Waals surface area contributed by atoms with Crippen LogP contribution < -0.4 is 10.6 Å². The number of anilines is 1. The van der Waals surface area contributed by atoms with Gasteiger partial charge in [0, 0.05) is 17.5 Å². The second-order valence-corrected chi connectivity index (χ2v) is 4.99. The van der Waals surface area contributed by atoms with Gasteiger partial charge in [0.25, 0.3) is 0 Å². The van der Waals surface area contributed by atoms with Gasteiger partial charge in [0.15, 0.2) is 5.78 Å². The molecule has 5 heteroatoms. The topological polar surface area (TPSA) is 63.4 Å². The highest BCUT2D eigenvalue weighted by Crippen LogP contribution is 2.17. The number of carbonyl (C=O) groups excluding carboxylic acids is 2. The Labute approximate surface area is 119 Å². The third-order valence-electron chi connectivity index (χ3n) is 2.76. The van der Waals surface area contributed by atoms with E-state index in [0.717, 1.165) is 5.69 Å². The maximum Gasteiger partial charge on any atom is 0.234 e. The number of thiol groups is 1. The van der Waals surface area contributed by atoms with Crippen molar-refractivity contribution in [3.8, 4) is 0 Å². The summed E-state index contributed by atoms with van der Waals surface area (Å²) in [6, 6.07) is 8.60. The molecule has 1 aromatic rings. The Kier molecular flexibility index (Phi) is 6.05. The number of amides is 1. The van der Waals surface area contributed by atoms with Gasteiger partial charge in [-0.1, -0.05) is 18.2 Å². The molecule has 0 spiro atoms. The Hall–Kier alpha value is -1.33. The molecule has 0 aliphatic heterocycles. The van der Waals surface area contributed by atoms with Gasteiger partial charge in [-0.2, -0.15) is 12.6 Å². The fourth-order valence-corrected chi connectivity index (χ4v) is 1.99. The van der Waals surface area contributed by atoms with Gasteiger partial charge in [0.2, 0.25) is 5.91 Å². The minimum Gasteiger partial charge on any atom is -0.321 e. The Balaban J connectivity index is 2.84. The first-order chi connectivity index (χ1) is 8.97. The van der Waals surface area contributed by atoms with E-state index in [1.165, 1.54) is 0 Å². The molecule has 4 nitrogen and oxygen atoms in total. The molecule has 0 bridgehead atoms. The molecule has 0 fully saturated rings. The standard InChI is InChI=1S/C14H20N2O2S/c1-10(2)16(11-6-4-3-5-7-11)14(18)8-13(17)12(15)9-19/h3-7,10,12,19H,8-9,15H2,1-2H3/t12-/m1/s1. The zero-order valence-corrected chi connectivity index (χ0v) is 12.1. The molecule has 0 aliphatic rings. The third-order valence-corrected chi connectivity index (χ3v) is 3.15. The second-order valence-electron chi connectivity index (χ2n) is 4.63. The molecule has 1 atom stereocenters. The summed E-state index contributed by atoms with van der Waals surface area (Å²) in [5.74, 6) is -0.260. The van der Waals surface area contributed by atoms with Gasteiger partial charge >= 0.3 is 0 Å². The first-order valence-corrected chi connectivity index (χ1v) is 6.87. The summed E-state index contributed by atoms with van der Waals surface area (Å²) in [4.78, 5) is 25.6. The Bertz CT molecular complexity index is 434. The fraction of sp³-hybridized carbons (Fsp3) is 0.429. The summed E-state index contributed by atoms with van der Waals surface area (Å²) >= 11 is 3.97. The van der Waals surface area contributed by atoms with Crippen LogP contribution >= 0.6 is 12.6 Å². The lowest BCUT2D eigenvalue weighted by Crippen LogP contribution is -2.41. The van der Waals surface area contributed by atoms with Gasteiger partial charge in [-0.3, -0.25) is 9.59 Å². The van der Waals surface area contributed by atoms with E-state index >= 15 is 0 Å². The molecule has 0 heterocycles. The van der Waals surface area contributed by atoms with Crippen molar-refractivity contribution in [2.75, 3.05) is 10.7 Å². The van der Waals surface area contributed by atoms with Crippen LogP contribution in [0.4, 0.5) is 5.69 Å². The van der Waals surface area contributed by atoms with E-state index in [4.69, 9.17) is 5.73 Å². The van der Waals surface area contributed by atoms with Crippen LogP contribution in [0.15, 0.2) is 30.3 Å². The largest absolute Gasteiger partial charge is 0.321 e. The zero-order valence-electron chi connectivity index (χ0n) is 11.2. The lowest BCUT2D eigenvalue weighted by molar-refractivity contribution is -0.127. The molecule has 19 heavy (non-hydrogen) atoms. The number of carbonyl (C=O) groups is 2. The van der Waals surface area contributed by atoms with Crippen LogP contribution in [0.5, 0.6) is 0 Å². The second kappa shape index (κ2) is 7.31. The van der Waals surface area contributed by atoms with Crippen LogP contribution in [-0.2, 0) is 9.59 Å². The van der Waals surface area contributed by atoms with Gasteiger partial charge in [0.05, 0.1) is 12.5 Å². The first kappa shape index (κ1) is 15.7. The van der Waals surface area contributed by atoms with Crippen molar-refractivity contribution >= 4 is 30.0 Å². The molecule has 0 saturated heterocycles. The molecule has 0 aliphatic carbocycles. The first-order valence-electron chi connectivity index (χ1n) is 6.23. The van der Waals surface area contributed by atoms with Crippen LogP contribution in [0.25, 0.3) is 0 Å². The van der Waals surface area contributed by atoms with Crippen molar-refractivity contribution in [1.82, 2.24) is 0 Å². The Morgan fingerprint density at radius 2 is 1.84 bits per heavy atom. The molecule has 1 aromatic carbocycles. The summed E-state index contributed by atoms with van der Waals surface area (Å²) in [7, 11) is 0. The number of hydrogen-bond acceptors (Lipinski definition) is 4. The highest BCUT2D eigenvalue weighted by Gasteiger charge is 2.23. The van der Waals surface area contributed by atoms with Crippen LogP contribution in [0.1, 0.15) is 20.3 Å². The number of ketones is 1. The van der Waals surface area contributed by atoms with Crippen molar-refractivity contribution in [3.05, 3.63) is 30.3 Å². The monoisotopic (exact) mass is 280 g/mol. The van der Waals surface area contributed by atoms with E-state index in [0.29, 0.717) is 0 Å². The smallest absolute Gasteiger partial charge is 0.234 e. The molecule has 0 unspecified atom stereocenters. The van der Waals surface area contributed by atoms with E-state index < -0.39 is 6.04 Å². The number of nitrogens with zero attached hydrogens (tertiary/aromatic N) is 1. The van der Waals surface area contributed by atoms with Gasteiger partial charge in [-0.05, 0) is 26.0 Å². The van der Waals surface area contributed by atoms with Crippen molar-refractivity contribution < 1.29 is 9.59 Å². The molecular weight excluding hydrogens is 260 g/mol. The number of benzene rings is 1. The lowest BCUT2D eigenvalue weighted by Gasteiger charge is -2.27. The summed E-state index contributed by atoms with van der Waals surface area (Å²) in [6.45, 7) is 3.82. The number of Topliss-reactive ketones (excluding diaryl/α,β-unsaturated/α-hetero) is 1. The van der Waals surface area contributed by atoms with Crippen molar-refractivity contribution in [2.24, 2.45) is 5.73 Å².